The van der Waals surface area contributed by atoms with Crippen LogP contribution in [0.1, 0.15) is 19.4 Å². The van der Waals surface area contributed by atoms with Crippen LogP contribution in [0.4, 0.5) is 5.69 Å². The third kappa shape index (κ3) is 2.08. The van der Waals surface area contributed by atoms with Crippen molar-refractivity contribution in [3.63, 3.8) is 0 Å². The number of halogens is 1. The molecule has 0 atom stereocenters. The largest absolute Gasteiger partial charge is 0.370 e. The quantitative estimate of drug-likeness (QED) is 0.829. The van der Waals surface area contributed by atoms with Gasteiger partial charge in [0.1, 0.15) is 0 Å². The number of hydrogen-bond acceptors (Lipinski definition) is 2. The molecule has 0 aromatic heterocycles. The van der Waals surface area contributed by atoms with E-state index >= 15 is 0 Å². The van der Waals surface area contributed by atoms with Crippen LogP contribution < -0.4 is 4.90 Å². The maximum Gasteiger partial charge on any atom is 0.0992 e. The maximum atomic E-state index is 8.79. The molecule has 0 unspecified atom stereocenters. The van der Waals surface area contributed by atoms with Gasteiger partial charge in [0, 0.05) is 17.6 Å². The Bertz CT molecular complexity index is 428. The smallest absolute Gasteiger partial charge is 0.0992 e. The Labute approximate surface area is 105 Å². The van der Waals surface area contributed by atoms with Crippen LogP contribution in [-0.4, -0.2) is 13.1 Å². The first-order valence-electron chi connectivity index (χ1n) is 5.56. The van der Waals surface area contributed by atoms with Crippen LogP contribution in [0.25, 0.3) is 0 Å². The fraction of sp³-hybridized carbons (Fsp3) is 0.462. The Morgan fingerprint density at radius 3 is 2.62 bits per heavy atom. The van der Waals surface area contributed by atoms with Crippen molar-refractivity contribution in [2.45, 2.75) is 13.8 Å². The minimum absolute atomic E-state index is 0.705. The highest BCUT2D eigenvalue weighted by Gasteiger charge is 2.29. The summed E-state index contributed by atoms with van der Waals surface area (Å²) >= 11 is 3.53. The minimum Gasteiger partial charge on any atom is -0.370 e. The van der Waals surface area contributed by atoms with Gasteiger partial charge in [-0.15, -0.1) is 0 Å². The summed E-state index contributed by atoms with van der Waals surface area (Å²) in [7, 11) is 0. The molecule has 1 fully saturated rings. The molecule has 16 heavy (non-hydrogen) atoms. The summed E-state index contributed by atoms with van der Waals surface area (Å²) in [5, 5.41) is 8.79. The van der Waals surface area contributed by atoms with E-state index in [1.54, 1.807) is 0 Å². The van der Waals surface area contributed by atoms with E-state index in [1.165, 1.54) is 5.69 Å². The van der Waals surface area contributed by atoms with Gasteiger partial charge in [0.2, 0.25) is 0 Å². The zero-order valence-electron chi connectivity index (χ0n) is 9.57. The summed E-state index contributed by atoms with van der Waals surface area (Å²) in [5.74, 6) is 1.57. The lowest BCUT2D eigenvalue weighted by atomic mass is 9.88. The van der Waals surface area contributed by atoms with Crippen LogP contribution in [0, 0.1) is 23.2 Å². The molecule has 0 N–H and O–H groups in total. The summed E-state index contributed by atoms with van der Waals surface area (Å²) in [4.78, 5) is 2.36. The van der Waals surface area contributed by atoms with E-state index in [2.05, 4.69) is 40.7 Å². The molecule has 1 heterocycles. The maximum absolute atomic E-state index is 8.79. The van der Waals surface area contributed by atoms with Crippen molar-refractivity contribution in [2.24, 2.45) is 11.8 Å². The van der Waals surface area contributed by atoms with Gasteiger partial charge in [-0.1, -0.05) is 13.8 Å². The van der Waals surface area contributed by atoms with Crippen molar-refractivity contribution in [3.05, 3.63) is 28.2 Å². The predicted octanol–water partition coefficient (Wildman–Crippen LogP) is 3.41. The molecule has 1 aromatic rings. The SMILES string of the molecule is CC(C)C1CN(c2ccc(C#N)cc2Br)C1. The Balaban J connectivity index is 2.10. The van der Waals surface area contributed by atoms with E-state index in [1.807, 2.05) is 18.2 Å². The molecule has 0 bridgehead atoms. The fourth-order valence-corrected chi connectivity index (χ4v) is 2.59. The van der Waals surface area contributed by atoms with Crippen LogP contribution in [0.2, 0.25) is 0 Å². The van der Waals surface area contributed by atoms with Crippen LogP contribution >= 0.6 is 15.9 Å². The summed E-state index contributed by atoms with van der Waals surface area (Å²) < 4.78 is 1.02. The average Bonchev–Trinajstić information content (AvgIpc) is 2.17. The molecule has 3 heteroatoms. The van der Waals surface area contributed by atoms with Gasteiger partial charge in [0.15, 0.2) is 0 Å². The zero-order valence-corrected chi connectivity index (χ0v) is 11.2. The normalized spacial score (nSPS) is 16.1. The van der Waals surface area contributed by atoms with Crippen molar-refractivity contribution < 1.29 is 0 Å². The number of rotatable bonds is 2. The Hall–Kier alpha value is -1.01. The Morgan fingerprint density at radius 1 is 1.44 bits per heavy atom. The highest BCUT2D eigenvalue weighted by atomic mass is 79.9. The monoisotopic (exact) mass is 278 g/mol. The van der Waals surface area contributed by atoms with E-state index < -0.39 is 0 Å². The van der Waals surface area contributed by atoms with E-state index in [9.17, 15) is 0 Å². The summed E-state index contributed by atoms with van der Waals surface area (Å²) in [6, 6.07) is 7.94. The van der Waals surface area contributed by atoms with Crippen molar-refractivity contribution in [2.75, 3.05) is 18.0 Å². The highest BCUT2D eigenvalue weighted by molar-refractivity contribution is 9.10. The third-order valence-electron chi connectivity index (χ3n) is 3.27. The molecule has 2 rings (SSSR count). The standard InChI is InChI=1S/C13H15BrN2/c1-9(2)11-7-16(8-11)13-4-3-10(6-15)5-12(13)14/h3-5,9,11H,7-8H2,1-2H3. The molecule has 2 nitrogen and oxygen atoms in total. The molecule has 0 radical (unpaired) electrons. The lowest BCUT2D eigenvalue weighted by molar-refractivity contribution is 0.309. The van der Waals surface area contributed by atoms with Crippen molar-refractivity contribution in [1.82, 2.24) is 0 Å². The first kappa shape index (κ1) is 11.5. The zero-order chi connectivity index (χ0) is 11.7. The van der Waals surface area contributed by atoms with Gasteiger partial charge in [-0.2, -0.15) is 5.26 Å². The van der Waals surface area contributed by atoms with Crippen molar-refractivity contribution in [3.8, 4) is 6.07 Å². The second kappa shape index (κ2) is 4.47. The average molecular weight is 279 g/mol. The third-order valence-corrected chi connectivity index (χ3v) is 3.91. The van der Waals surface area contributed by atoms with Gasteiger partial charge in [0.25, 0.3) is 0 Å². The molecule has 0 spiro atoms. The van der Waals surface area contributed by atoms with Gasteiger partial charge in [-0.3, -0.25) is 0 Å². The van der Waals surface area contributed by atoms with Crippen molar-refractivity contribution >= 4 is 21.6 Å². The van der Waals surface area contributed by atoms with Crippen LogP contribution in [0.15, 0.2) is 22.7 Å². The van der Waals surface area contributed by atoms with E-state index in [0.717, 1.165) is 29.4 Å². The van der Waals surface area contributed by atoms with Crippen LogP contribution in [0.5, 0.6) is 0 Å². The summed E-state index contributed by atoms with van der Waals surface area (Å²) in [6.45, 7) is 6.80. The van der Waals surface area contributed by atoms with Gasteiger partial charge in [0.05, 0.1) is 17.3 Å². The molecule has 1 aromatic carbocycles. The van der Waals surface area contributed by atoms with E-state index in [-0.39, 0.29) is 0 Å². The molecule has 0 saturated carbocycles. The predicted molar refractivity (Wildman–Crippen MR) is 69.4 cm³/mol. The highest BCUT2D eigenvalue weighted by Crippen LogP contribution is 2.34. The molecule has 0 amide bonds. The first-order valence-corrected chi connectivity index (χ1v) is 6.35. The number of benzene rings is 1. The lowest BCUT2D eigenvalue weighted by Crippen LogP contribution is -2.49. The second-order valence-electron chi connectivity index (χ2n) is 4.69. The lowest BCUT2D eigenvalue weighted by Gasteiger charge is -2.43. The number of nitriles is 1. The fourth-order valence-electron chi connectivity index (χ4n) is 1.96. The number of anilines is 1. The van der Waals surface area contributed by atoms with E-state index in [4.69, 9.17) is 5.26 Å². The van der Waals surface area contributed by atoms with Crippen LogP contribution in [0.3, 0.4) is 0 Å². The molecule has 84 valence electrons. The summed E-state index contributed by atoms with van der Waals surface area (Å²) in [6.07, 6.45) is 0. The second-order valence-corrected chi connectivity index (χ2v) is 5.54. The molecule has 1 aliphatic rings. The van der Waals surface area contributed by atoms with Crippen LogP contribution in [-0.2, 0) is 0 Å². The van der Waals surface area contributed by atoms with E-state index in [0.29, 0.717) is 5.56 Å². The molecular formula is C13H15BrN2. The molecule has 0 aliphatic carbocycles. The van der Waals surface area contributed by atoms with Gasteiger partial charge < -0.3 is 4.90 Å². The summed E-state index contributed by atoms with van der Waals surface area (Å²) in [5.41, 5.74) is 1.91. The topological polar surface area (TPSA) is 27.0 Å². The first-order chi connectivity index (χ1) is 7.61. The van der Waals surface area contributed by atoms with Gasteiger partial charge in [-0.05, 0) is 46.0 Å². The molecule has 1 saturated heterocycles. The van der Waals surface area contributed by atoms with Crippen molar-refractivity contribution in [1.29, 1.82) is 5.26 Å². The molecule has 1 aliphatic heterocycles. The Kier molecular flexibility index (Phi) is 3.20. The van der Waals surface area contributed by atoms with Gasteiger partial charge >= 0.3 is 0 Å². The van der Waals surface area contributed by atoms with Gasteiger partial charge in [-0.25, -0.2) is 0 Å². The number of hydrogen-bond donors (Lipinski definition) is 0. The molecular weight excluding hydrogens is 264 g/mol. The minimum atomic E-state index is 0.705. The Morgan fingerprint density at radius 2 is 2.12 bits per heavy atom. The number of nitrogens with zero attached hydrogens (tertiary/aromatic N) is 2.